The molecule has 312 valence electrons. The molecule has 0 bridgehead atoms. The maximum atomic E-state index is 14.3. The number of carbonyl (C=O) groups excluding carboxylic acids is 4. The average molecular weight is 787 g/mol. The Kier molecular flexibility index (Phi) is 9.80. The number of nitrogens with one attached hydrogen (secondary N) is 2. The molecule has 1 heterocycles. The lowest BCUT2D eigenvalue weighted by Gasteiger charge is -2.72. The Hall–Kier alpha value is -3.63. The third kappa shape index (κ3) is 6.04. The van der Waals surface area contributed by atoms with Gasteiger partial charge in [-0.05, 0) is 128 Å². The van der Waals surface area contributed by atoms with E-state index in [9.17, 15) is 29.1 Å². The van der Waals surface area contributed by atoms with Crippen LogP contribution in [0.15, 0.2) is 29.7 Å². The second-order valence-electron chi connectivity index (χ2n) is 21.7. The molecule has 7 rings (SSSR count). The highest BCUT2D eigenvalue weighted by molar-refractivity contribution is 6.03. The average Bonchev–Trinajstić information content (AvgIpc) is 3.41. The number of carboxylic acid groups (broad SMARTS) is 1. The zero-order valence-corrected chi connectivity index (χ0v) is 36.1. The van der Waals surface area contributed by atoms with Crippen molar-refractivity contribution >= 4 is 29.5 Å². The summed E-state index contributed by atoms with van der Waals surface area (Å²) in [7, 11) is 0. The molecule has 0 spiro atoms. The molecule has 5 saturated carbocycles. The fourth-order valence-electron chi connectivity index (χ4n) is 14.1. The van der Waals surface area contributed by atoms with Crippen LogP contribution in [0.4, 0.5) is 0 Å². The van der Waals surface area contributed by atoms with E-state index in [0.29, 0.717) is 24.7 Å². The summed E-state index contributed by atoms with van der Waals surface area (Å²) in [5.41, 5.74) is -0.943. The van der Waals surface area contributed by atoms with Gasteiger partial charge in [-0.15, -0.1) is 0 Å². The highest BCUT2D eigenvalue weighted by atomic mass is 16.5. The molecule has 10 atom stereocenters. The first kappa shape index (κ1) is 41.5. The minimum Gasteiger partial charge on any atom is -0.481 e. The van der Waals surface area contributed by atoms with Crippen LogP contribution in [0.2, 0.25) is 0 Å². The third-order valence-electron chi connectivity index (χ3n) is 17.6. The maximum Gasteiger partial charge on any atom is 0.309 e. The van der Waals surface area contributed by atoms with E-state index in [1.54, 1.807) is 13.8 Å². The van der Waals surface area contributed by atoms with Crippen LogP contribution < -0.4 is 10.6 Å². The van der Waals surface area contributed by atoms with Crippen LogP contribution in [-0.4, -0.2) is 61.8 Å². The first-order chi connectivity index (χ1) is 26.4. The molecular weight excluding hydrogens is 721 g/mol. The van der Waals surface area contributed by atoms with Crippen LogP contribution in [0.25, 0.3) is 0 Å². The maximum absolute atomic E-state index is 14.3. The van der Waals surface area contributed by atoms with Gasteiger partial charge >= 0.3 is 11.9 Å². The molecule has 5 fully saturated rings. The highest BCUT2D eigenvalue weighted by Gasteiger charge is 2.71. The smallest absolute Gasteiger partial charge is 0.309 e. The van der Waals surface area contributed by atoms with Gasteiger partial charge in [-0.3, -0.25) is 29.0 Å². The van der Waals surface area contributed by atoms with Crippen molar-refractivity contribution in [1.29, 1.82) is 0 Å². The Morgan fingerprint density at radius 2 is 1.56 bits per heavy atom. The summed E-state index contributed by atoms with van der Waals surface area (Å²) in [4.78, 5) is 75.0. The number of carbonyl (C=O) groups is 5. The van der Waals surface area contributed by atoms with Gasteiger partial charge in [0, 0.05) is 24.2 Å². The number of allylic oxidation sites excluding steroid dienone is 1. The molecule has 3 N–H and O–H groups in total. The zero-order valence-electron chi connectivity index (χ0n) is 36.1. The van der Waals surface area contributed by atoms with Gasteiger partial charge in [0.05, 0.1) is 23.6 Å². The minimum atomic E-state index is -1.27. The lowest BCUT2D eigenvalue weighted by atomic mass is 9.33. The van der Waals surface area contributed by atoms with E-state index in [0.717, 1.165) is 56.1 Å². The van der Waals surface area contributed by atoms with Gasteiger partial charge in [0.1, 0.15) is 17.3 Å². The van der Waals surface area contributed by atoms with Crippen molar-refractivity contribution in [2.24, 2.45) is 62.6 Å². The number of esters is 1. The first-order valence-electron chi connectivity index (χ1n) is 21.5. The van der Waals surface area contributed by atoms with E-state index >= 15 is 0 Å². The van der Waals surface area contributed by atoms with Crippen molar-refractivity contribution in [3.63, 3.8) is 0 Å². The van der Waals surface area contributed by atoms with E-state index < -0.39 is 40.2 Å². The third-order valence-corrected chi connectivity index (χ3v) is 17.6. The fourth-order valence-corrected chi connectivity index (χ4v) is 14.1. The van der Waals surface area contributed by atoms with Crippen molar-refractivity contribution in [2.45, 2.75) is 158 Å². The standard InChI is InChI=1S/C46H66N4O7/c1-25(2)34-30(51)23-46(50-39(56)42(7,8)49-36(52)29-24-47-20-21-48-29)19-18-44(10)26(35(34)46)12-13-32-43(9)16-15-33(41(5,6)31(43)14-17-45(32,44)11)57-38(55)28-22-27(37(53)54)40(28,3)4/h20-21,24-28,31-33H,12-19,22-23H2,1-11H3,(H,49,52)(H,50,56)(H,53,54)/t26-,27+,28-,31+,32-,33+,43+,44-,45-,46-/m1/s1. The van der Waals surface area contributed by atoms with E-state index in [-0.39, 0.29) is 69.4 Å². The number of rotatable bonds is 8. The highest BCUT2D eigenvalue weighted by Crippen LogP contribution is 2.76. The number of hydrogen-bond acceptors (Lipinski definition) is 8. The van der Waals surface area contributed by atoms with E-state index in [4.69, 9.17) is 4.74 Å². The number of aliphatic carboxylic acids is 1. The SMILES string of the molecule is CC(C)C1=C2[C@H]3CC[C@@H]4[C@@]5(C)CC[C@H](OC(=O)[C@H]6C[C@@H](C(=O)O)C6(C)C)C(C)(C)[C@@H]5CC[C@@]4(C)[C@]3(C)CC[C@@]2(NC(=O)C(C)(C)NC(=O)c2cnccn2)CC1=O. The molecule has 0 unspecified atom stereocenters. The molecule has 0 saturated heterocycles. The van der Waals surface area contributed by atoms with Crippen LogP contribution in [0, 0.1) is 62.6 Å². The zero-order chi connectivity index (χ0) is 41.9. The second-order valence-corrected chi connectivity index (χ2v) is 21.7. The second kappa shape index (κ2) is 13.4. The molecule has 1 aromatic heterocycles. The van der Waals surface area contributed by atoms with Crippen molar-refractivity contribution in [1.82, 2.24) is 20.6 Å². The fraction of sp³-hybridized carbons (Fsp3) is 0.761. The largest absolute Gasteiger partial charge is 0.481 e. The minimum absolute atomic E-state index is 0.0103. The van der Waals surface area contributed by atoms with Gasteiger partial charge in [-0.2, -0.15) is 0 Å². The van der Waals surface area contributed by atoms with E-state index in [1.807, 2.05) is 13.8 Å². The molecular formula is C46H66N4O7. The lowest BCUT2D eigenvalue weighted by molar-refractivity contribution is -0.235. The Bertz CT molecular complexity index is 1900. The van der Waals surface area contributed by atoms with Gasteiger partial charge in [-0.25, -0.2) is 4.98 Å². The van der Waals surface area contributed by atoms with Crippen LogP contribution in [-0.2, 0) is 23.9 Å². The number of Topliss-reactive ketones (excluding diaryl/α,β-unsaturated/α-hetero) is 1. The Labute approximate surface area is 338 Å². The van der Waals surface area contributed by atoms with E-state index in [1.165, 1.54) is 18.6 Å². The Morgan fingerprint density at radius 3 is 2.18 bits per heavy atom. The number of ether oxygens (including phenoxy) is 1. The summed E-state index contributed by atoms with van der Waals surface area (Å²) >= 11 is 0. The van der Waals surface area contributed by atoms with Crippen LogP contribution in [0.3, 0.4) is 0 Å². The van der Waals surface area contributed by atoms with Gasteiger partial charge < -0.3 is 20.5 Å². The van der Waals surface area contributed by atoms with Crippen LogP contribution in [0.5, 0.6) is 0 Å². The Morgan fingerprint density at radius 1 is 0.860 bits per heavy atom. The van der Waals surface area contributed by atoms with Crippen molar-refractivity contribution in [3.05, 3.63) is 35.4 Å². The molecule has 11 heteroatoms. The molecule has 57 heavy (non-hydrogen) atoms. The molecule has 11 nitrogen and oxygen atoms in total. The number of fused-ring (bicyclic) bond motifs is 7. The van der Waals surface area contributed by atoms with Gasteiger partial charge in [0.2, 0.25) is 5.91 Å². The van der Waals surface area contributed by atoms with Crippen LogP contribution in [0.1, 0.15) is 151 Å². The summed E-state index contributed by atoms with van der Waals surface area (Å²) in [6, 6.07) is 0. The molecule has 2 amide bonds. The number of hydrogen-bond donors (Lipinski definition) is 3. The summed E-state index contributed by atoms with van der Waals surface area (Å²) < 4.78 is 6.40. The summed E-state index contributed by atoms with van der Waals surface area (Å²) in [5, 5.41) is 15.9. The monoisotopic (exact) mass is 786 g/mol. The number of amides is 2. The topological polar surface area (TPSA) is 165 Å². The predicted octanol–water partition coefficient (Wildman–Crippen LogP) is 7.49. The van der Waals surface area contributed by atoms with E-state index in [2.05, 4.69) is 69.1 Å². The number of aromatic nitrogens is 2. The number of nitrogens with zero attached hydrogens (tertiary/aromatic N) is 2. The Balaban J connectivity index is 1.14. The van der Waals surface area contributed by atoms with Crippen molar-refractivity contribution in [3.8, 4) is 0 Å². The molecule has 0 aliphatic heterocycles. The predicted molar refractivity (Wildman–Crippen MR) is 214 cm³/mol. The molecule has 6 aliphatic carbocycles. The van der Waals surface area contributed by atoms with Gasteiger partial charge in [0.15, 0.2) is 5.78 Å². The van der Waals surface area contributed by atoms with Gasteiger partial charge in [0.25, 0.3) is 5.91 Å². The number of carboxylic acids is 1. The van der Waals surface area contributed by atoms with Crippen LogP contribution >= 0.6 is 0 Å². The summed E-state index contributed by atoms with van der Waals surface area (Å²) in [6.07, 6.45) is 11.9. The molecule has 1 aromatic rings. The van der Waals surface area contributed by atoms with Crippen molar-refractivity contribution < 1.29 is 33.8 Å². The first-order valence-corrected chi connectivity index (χ1v) is 21.5. The summed E-state index contributed by atoms with van der Waals surface area (Å²) in [5.74, 6) is -1.82. The number of ketones is 1. The molecule has 0 radical (unpaired) electrons. The molecule has 6 aliphatic rings. The normalized spacial score (nSPS) is 39.1. The molecule has 0 aromatic carbocycles. The lowest BCUT2D eigenvalue weighted by Crippen LogP contribution is -2.68. The van der Waals surface area contributed by atoms with Gasteiger partial charge in [-0.1, -0.05) is 62.3 Å². The van der Waals surface area contributed by atoms with Crippen molar-refractivity contribution in [2.75, 3.05) is 0 Å². The summed E-state index contributed by atoms with van der Waals surface area (Å²) in [6.45, 7) is 23.4. The quantitative estimate of drug-likeness (QED) is 0.227.